The second-order valence-electron chi connectivity index (χ2n) is 6.81. The van der Waals surface area contributed by atoms with E-state index >= 15 is 0 Å². The maximum Gasteiger partial charge on any atom is 0 e. The van der Waals surface area contributed by atoms with Crippen LogP contribution in [0.25, 0.3) is 5.57 Å². The molecule has 0 aromatic heterocycles. The predicted octanol–water partition coefficient (Wildman–Crippen LogP) is 4.67. The molecule has 0 saturated carbocycles. The summed E-state index contributed by atoms with van der Waals surface area (Å²) in [5.74, 6) is 1.82. The number of hydrogen-bond acceptors (Lipinski definition) is 2. The van der Waals surface area contributed by atoms with E-state index in [4.69, 9.17) is 18.7 Å². The molecule has 2 aliphatic rings. The number of aryl methyl sites for hydroxylation is 1. The Morgan fingerprint density at radius 1 is 0.903 bits per heavy atom. The van der Waals surface area contributed by atoms with Crippen molar-refractivity contribution in [3.05, 3.63) is 91.2 Å². The van der Waals surface area contributed by atoms with Crippen molar-refractivity contribution in [1.82, 2.24) is 0 Å². The van der Waals surface area contributed by atoms with Gasteiger partial charge in [0, 0.05) is 23.8 Å². The fourth-order valence-corrected chi connectivity index (χ4v) is 4.28. The maximum absolute atomic E-state index is 12.4. The molecule has 0 spiro atoms. The number of rotatable bonds is 2. The maximum atomic E-state index is 12.4. The molecule has 0 amide bonds. The van der Waals surface area contributed by atoms with Gasteiger partial charge < -0.3 is 4.74 Å². The number of allylic oxidation sites excluding steroid dienone is 2. The minimum Gasteiger partial charge on any atom is 0 e. The minimum atomic E-state index is 0. The molecule has 6 heteroatoms. The average molecular weight is 454 g/mol. The van der Waals surface area contributed by atoms with Gasteiger partial charge in [-0.25, -0.2) is 0 Å². The SMILES string of the molecule is COc1ccc(C2CC(=O)C=C3c4ccccc4CCCC32)cc1.[C-]#[O+].[C-]#[O+].[C-]#[O+].[Cr]. The first-order valence-electron chi connectivity index (χ1n) is 9.34. The summed E-state index contributed by atoms with van der Waals surface area (Å²) < 4.78 is 27.8. The first-order valence-corrected chi connectivity index (χ1v) is 9.34. The summed E-state index contributed by atoms with van der Waals surface area (Å²) in [5, 5.41) is 0. The molecule has 5 nitrogen and oxygen atoms in total. The Hall–Kier alpha value is -2.60. The monoisotopic (exact) mass is 454 g/mol. The van der Waals surface area contributed by atoms with Crippen LogP contribution in [0.15, 0.2) is 54.6 Å². The number of hydrogen-bond donors (Lipinski definition) is 0. The van der Waals surface area contributed by atoms with Crippen molar-refractivity contribution in [2.45, 2.75) is 31.6 Å². The predicted molar refractivity (Wildman–Crippen MR) is 108 cm³/mol. The number of ketones is 1. The van der Waals surface area contributed by atoms with Crippen LogP contribution >= 0.6 is 0 Å². The van der Waals surface area contributed by atoms with Crippen LogP contribution in [0.3, 0.4) is 0 Å². The molecule has 0 aliphatic heterocycles. The van der Waals surface area contributed by atoms with Gasteiger partial charge in [0.1, 0.15) is 5.75 Å². The second kappa shape index (κ2) is 15.2. The fourth-order valence-electron chi connectivity index (χ4n) is 4.28. The Kier molecular flexibility index (Phi) is 14.0. The largest absolute Gasteiger partial charge is 0 e. The van der Waals surface area contributed by atoms with Crippen LogP contribution in [0, 0.1) is 25.9 Å². The summed E-state index contributed by atoms with van der Waals surface area (Å²) in [7, 11) is 1.68. The van der Waals surface area contributed by atoms with Gasteiger partial charge in [0.05, 0.1) is 7.11 Å². The quantitative estimate of drug-likeness (QED) is 0.488. The Balaban J connectivity index is 0.00000119. The summed E-state index contributed by atoms with van der Waals surface area (Å²) in [4.78, 5) is 12.4. The van der Waals surface area contributed by atoms with E-state index in [1.54, 1.807) is 7.11 Å². The first kappa shape index (κ1) is 28.4. The molecule has 2 aliphatic carbocycles. The molecule has 0 saturated heterocycles. The smallest absolute Gasteiger partial charge is 0 e. The van der Waals surface area contributed by atoms with Gasteiger partial charge in [0.25, 0.3) is 0 Å². The molecule has 158 valence electrons. The van der Waals surface area contributed by atoms with Crippen LogP contribution in [0.2, 0.25) is 0 Å². The van der Waals surface area contributed by atoms with Crippen molar-refractivity contribution < 1.29 is 40.8 Å². The fraction of sp³-hybridized carbons (Fsp3) is 0.280. The number of carbonyl (C=O) groups excluding carboxylic acids is 1. The van der Waals surface area contributed by atoms with E-state index < -0.39 is 0 Å². The van der Waals surface area contributed by atoms with E-state index in [-0.39, 0.29) is 29.1 Å². The average Bonchev–Trinajstić information content (AvgIpc) is 3.02. The zero-order valence-corrected chi connectivity index (χ0v) is 18.4. The molecular weight excluding hydrogens is 432 g/mol. The van der Waals surface area contributed by atoms with Crippen molar-refractivity contribution in [3.8, 4) is 5.75 Å². The topological polar surface area (TPSA) is 86.0 Å². The van der Waals surface area contributed by atoms with E-state index in [2.05, 4.69) is 56.3 Å². The van der Waals surface area contributed by atoms with E-state index in [0.717, 1.165) is 18.6 Å². The molecule has 2 aromatic carbocycles. The third-order valence-electron chi connectivity index (χ3n) is 5.46. The second-order valence-corrected chi connectivity index (χ2v) is 6.81. The van der Waals surface area contributed by atoms with Gasteiger partial charge in [-0.2, -0.15) is 0 Å². The Labute approximate surface area is 193 Å². The zero-order valence-electron chi connectivity index (χ0n) is 17.1. The van der Waals surface area contributed by atoms with E-state index in [0.29, 0.717) is 12.3 Å². The van der Waals surface area contributed by atoms with Crippen LogP contribution in [0.5, 0.6) is 5.75 Å². The Bertz CT molecular complexity index is 911. The van der Waals surface area contributed by atoms with Gasteiger partial charge in [0.2, 0.25) is 0 Å². The third kappa shape index (κ3) is 6.96. The van der Waals surface area contributed by atoms with E-state index in [1.807, 2.05) is 18.2 Å². The molecule has 2 aromatic rings. The van der Waals surface area contributed by atoms with Crippen molar-refractivity contribution in [2.75, 3.05) is 7.11 Å². The van der Waals surface area contributed by atoms with Crippen LogP contribution in [0.4, 0.5) is 0 Å². The zero-order chi connectivity index (χ0) is 22.5. The van der Waals surface area contributed by atoms with Gasteiger partial charge in [-0.05, 0) is 71.6 Å². The van der Waals surface area contributed by atoms with Crippen molar-refractivity contribution in [3.63, 3.8) is 0 Å². The standard InChI is InChI=1S/C22H22O2.3CO.Cr/c1-24-18-11-9-16(10-12-18)21-13-17(23)14-22-19-7-3-2-5-15(19)6-4-8-20(21)22;3*1-2;/h2-3,5,7,9-12,14,20-21H,4,6,8,13H2,1H3;;;;. The van der Waals surface area contributed by atoms with Crippen LogP contribution in [-0.2, 0) is 42.5 Å². The number of ether oxygens (including phenoxy) is 1. The van der Waals surface area contributed by atoms with Crippen molar-refractivity contribution in [1.29, 1.82) is 0 Å². The third-order valence-corrected chi connectivity index (χ3v) is 5.46. The molecule has 0 fully saturated rings. The normalized spacial score (nSPS) is 17.9. The minimum absolute atomic E-state index is 0. The van der Waals surface area contributed by atoms with Gasteiger partial charge in [0.15, 0.2) is 5.78 Å². The molecule has 4 rings (SSSR count). The molecule has 0 radical (unpaired) electrons. The van der Waals surface area contributed by atoms with Gasteiger partial charge in [-0.3, -0.25) is 4.79 Å². The molecule has 0 bridgehead atoms. The number of carbonyl (C=O) groups is 1. The molecule has 0 N–H and O–H groups in total. The summed E-state index contributed by atoms with van der Waals surface area (Å²) in [6.45, 7) is 13.5. The number of methoxy groups -OCH3 is 1. The molecule has 2 unspecified atom stereocenters. The molecular formula is C25H22CrO5. The summed E-state index contributed by atoms with van der Waals surface area (Å²) in [6, 6.07) is 16.8. The van der Waals surface area contributed by atoms with Gasteiger partial charge in [-0.1, -0.05) is 36.4 Å². The summed E-state index contributed by atoms with van der Waals surface area (Å²) in [6.07, 6.45) is 5.95. The first-order chi connectivity index (χ1) is 14.8. The summed E-state index contributed by atoms with van der Waals surface area (Å²) >= 11 is 0. The van der Waals surface area contributed by atoms with Crippen LogP contribution < -0.4 is 4.74 Å². The Morgan fingerprint density at radius 3 is 2.13 bits per heavy atom. The summed E-state index contributed by atoms with van der Waals surface area (Å²) in [5.41, 5.74) is 5.17. The number of benzene rings is 2. The number of fused-ring (bicyclic) bond motifs is 3. The van der Waals surface area contributed by atoms with Crippen LogP contribution in [0.1, 0.15) is 41.9 Å². The molecule has 31 heavy (non-hydrogen) atoms. The van der Waals surface area contributed by atoms with E-state index in [9.17, 15) is 4.79 Å². The van der Waals surface area contributed by atoms with Crippen LogP contribution in [-0.4, -0.2) is 12.9 Å². The van der Waals surface area contributed by atoms with Crippen molar-refractivity contribution >= 4 is 11.4 Å². The van der Waals surface area contributed by atoms with Crippen molar-refractivity contribution in [2.24, 2.45) is 5.92 Å². The molecule has 2 atom stereocenters. The van der Waals surface area contributed by atoms with E-state index in [1.165, 1.54) is 28.7 Å². The van der Waals surface area contributed by atoms with Gasteiger partial charge in [-0.15, -0.1) is 0 Å². The molecule has 0 heterocycles. The Morgan fingerprint density at radius 2 is 1.52 bits per heavy atom. The van der Waals surface area contributed by atoms with Gasteiger partial charge >= 0.3 is 33.9 Å².